The topological polar surface area (TPSA) is 50.4 Å². The molecule has 0 aromatic carbocycles. The quantitative estimate of drug-likeness (QED) is 0.784. The van der Waals surface area contributed by atoms with Crippen molar-refractivity contribution in [3.8, 4) is 0 Å². The van der Waals surface area contributed by atoms with Gasteiger partial charge < -0.3 is 15.4 Å². The molecular weight excluding hydrogens is 252 g/mol. The fourth-order valence-electron chi connectivity index (χ4n) is 3.78. The van der Waals surface area contributed by atoms with Crippen molar-refractivity contribution < 1.29 is 9.53 Å². The Labute approximate surface area is 123 Å². The normalized spacial score (nSPS) is 24.2. The van der Waals surface area contributed by atoms with Crippen LogP contribution >= 0.6 is 0 Å². The van der Waals surface area contributed by atoms with Crippen LogP contribution in [0.15, 0.2) is 0 Å². The first-order valence-corrected chi connectivity index (χ1v) is 8.06. The molecule has 1 saturated carbocycles. The maximum Gasteiger partial charge on any atom is 0.252 e. The number of piperidine rings is 1. The third kappa shape index (κ3) is 3.34. The number of amides is 1. The highest BCUT2D eigenvalue weighted by molar-refractivity contribution is 5.85. The average molecular weight is 282 g/mol. The first-order valence-electron chi connectivity index (χ1n) is 8.06. The minimum atomic E-state index is -0.603. The molecule has 2 fully saturated rings. The van der Waals surface area contributed by atoms with E-state index >= 15 is 0 Å². The van der Waals surface area contributed by atoms with Crippen molar-refractivity contribution in [1.29, 1.82) is 0 Å². The molecule has 0 aromatic rings. The molecule has 116 valence electrons. The monoisotopic (exact) mass is 282 g/mol. The molecular formula is C16H30N2O2. The smallest absolute Gasteiger partial charge is 0.252 e. The Kier molecular flexibility index (Phi) is 5.08. The van der Waals surface area contributed by atoms with E-state index in [0.717, 1.165) is 32.5 Å². The third-order valence-corrected chi connectivity index (χ3v) is 5.10. The summed E-state index contributed by atoms with van der Waals surface area (Å²) in [6.07, 6.45) is 6.58. The summed E-state index contributed by atoms with van der Waals surface area (Å²) in [4.78, 5) is 12.6. The first-order chi connectivity index (χ1) is 9.52. The average Bonchev–Trinajstić information content (AvgIpc) is 2.41. The van der Waals surface area contributed by atoms with Gasteiger partial charge in [0.2, 0.25) is 0 Å². The SMILES string of the molecule is COC1(C(=O)NCC2(CC(C)C)CCC2)CCNCC1. The Morgan fingerprint density at radius 2 is 1.90 bits per heavy atom. The van der Waals surface area contributed by atoms with Crippen molar-refractivity contribution in [2.24, 2.45) is 11.3 Å². The molecule has 2 rings (SSSR count). The van der Waals surface area contributed by atoms with E-state index in [1.54, 1.807) is 7.11 Å². The maximum atomic E-state index is 12.6. The number of rotatable bonds is 6. The molecule has 0 unspecified atom stereocenters. The van der Waals surface area contributed by atoms with Crippen LogP contribution in [0.5, 0.6) is 0 Å². The Balaban J connectivity index is 1.90. The number of ether oxygens (including phenoxy) is 1. The Morgan fingerprint density at radius 1 is 1.25 bits per heavy atom. The van der Waals surface area contributed by atoms with E-state index < -0.39 is 5.60 Å². The van der Waals surface area contributed by atoms with E-state index in [1.165, 1.54) is 25.7 Å². The highest BCUT2D eigenvalue weighted by atomic mass is 16.5. The van der Waals surface area contributed by atoms with E-state index in [9.17, 15) is 4.79 Å². The lowest BCUT2D eigenvalue weighted by atomic mass is 9.64. The summed E-state index contributed by atoms with van der Waals surface area (Å²) >= 11 is 0. The van der Waals surface area contributed by atoms with Gasteiger partial charge in [0.1, 0.15) is 5.60 Å². The number of hydrogen-bond acceptors (Lipinski definition) is 3. The minimum absolute atomic E-state index is 0.0940. The lowest BCUT2D eigenvalue weighted by Gasteiger charge is -2.44. The van der Waals surface area contributed by atoms with Gasteiger partial charge in [0.25, 0.3) is 5.91 Å². The number of nitrogens with one attached hydrogen (secondary N) is 2. The lowest BCUT2D eigenvalue weighted by molar-refractivity contribution is -0.147. The summed E-state index contributed by atoms with van der Waals surface area (Å²) in [5, 5.41) is 6.49. The van der Waals surface area contributed by atoms with Crippen LogP contribution in [0.3, 0.4) is 0 Å². The molecule has 0 spiro atoms. The molecule has 4 nitrogen and oxygen atoms in total. The maximum absolute atomic E-state index is 12.6. The zero-order valence-corrected chi connectivity index (χ0v) is 13.3. The first kappa shape index (κ1) is 15.8. The molecule has 20 heavy (non-hydrogen) atoms. The van der Waals surface area contributed by atoms with Crippen molar-refractivity contribution in [3.05, 3.63) is 0 Å². The molecule has 2 N–H and O–H groups in total. The highest BCUT2D eigenvalue weighted by Crippen LogP contribution is 2.45. The largest absolute Gasteiger partial charge is 0.368 e. The Morgan fingerprint density at radius 3 is 2.35 bits per heavy atom. The zero-order chi connectivity index (χ0) is 14.6. The van der Waals surface area contributed by atoms with Crippen LogP contribution in [-0.4, -0.2) is 38.3 Å². The summed E-state index contributed by atoms with van der Waals surface area (Å²) < 4.78 is 5.59. The fourth-order valence-corrected chi connectivity index (χ4v) is 3.78. The van der Waals surface area contributed by atoms with Crippen LogP contribution in [0.1, 0.15) is 52.4 Å². The molecule has 2 aliphatic rings. The second-order valence-electron chi connectivity index (χ2n) is 7.08. The number of carbonyl (C=O) groups is 1. The van der Waals surface area contributed by atoms with E-state index in [-0.39, 0.29) is 5.91 Å². The molecule has 4 heteroatoms. The molecule has 0 bridgehead atoms. The summed E-state index contributed by atoms with van der Waals surface area (Å²) in [6.45, 7) is 7.08. The van der Waals surface area contributed by atoms with E-state index in [4.69, 9.17) is 4.74 Å². The summed E-state index contributed by atoms with van der Waals surface area (Å²) in [5.74, 6) is 0.791. The molecule has 1 amide bonds. The van der Waals surface area contributed by atoms with Gasteiger partial charge in [-0.2, -0.15) is 0 Å². The molecule has 1 aliphatic heterocycles. The van der Waals surface area contributed by atoms with Gasteiger partial charge in [-0.1, -0.05) is 20.3 Å². The van der Waals surface area contributed by atoms with Crippen LogP contribution in [0.4, 0.5) is 0 Å². The lowest BCUT2D eigenvalue weighted by Crippen LogP contribution is -2.56. The van der Waals surface area contributed by atoms with Crippen molar-refractivity contribution in [2.45, 2.75) is 58.0 Å². The molecule has 0 radical (unpaired) electrons. The highest BCUT2D eigenvalue weighted by Gasteiger charge is 2.42. The van der Waals surface area contributed by atoms with Gasteiger partial charge in [-0.25, -0.2) is 0 Å². The van der Waals surface area contributed by atoms with Gasteiger partial charge in [-0.05, 0) is 56.5 Å². The van der Waals surface area contributed by atoms with Crippen LogP contribution in [0, 0.1) is 11.3 Å². The van der Waals surface area contributed by atoms with Gasteiger partial charge in [-0.15, -0.1) is 0 Å². The number of carbonyl (C=O) groups excluding carboxylic acids is 1. The van der Waals surface area contributed by atoms with Crippen LogP contribution in [0.25, 0.3) is 0 Å². The predicted molar refractivity (Wildman–Crippen MR) is 80.6 cm³/mol. The fraction of sp³-hybridized carbons (Fsp3) is 0.938. The third-order valence-electron chi connectivity index (χ3n) is 5.10. The number of hydrogen-bond donors (Lipinski definition) is 2. The summed E-state index contributed by atoms with van der Waals surface area (Å²) in [6, 6.07) is 0. The zero-order valence-electron chi connectivity index (χ0n) is 13.3. The van der Waals surface area contributed by atoms with Crippen LogP contribution in [-0.2, 0) is 9.53 Å². The molecule has 0 aromatic heterocycles. The Bertz CT molecular complexity index is 331. The van der Waals surface area contributed by atoms with Gasteiger partial charge in [0, 0.05) is 13.7 Å². The Hall–Kier alpha value is -0.610. The predicted octanol–water partition coefficient (Wildman–Crippen LogP) is 2.09. The van der Waals surface area contributed by atoms with E-state index in [1.807, 2.05) is 0 Å². The van der Waals surface area contributed by atoms with Crippen LogP contribution in [0.2, 0.25) is 0 Å². The second kappa shape index (κ2) is 6.44. The van der Waals surface area contributed by atoms with E-state index in [0.29, 0.717) is 11.3 Å². The number of methoxy groups -OCH3 is 1. The van der Waals surface area contributed by atoms with Crippen molar-refractivity contribution in [1.82, 2.24) is 10.6 Å². The van der Waals surface area contributed by atoms with Gasteiger partial charge in [0.15, 0.2) is 0 Å². The van der Waals surface area contributed by atoms with Crippen LogP contribution < -0.4 is 10.6 Å². The van der Waals surface area contributed by atoms with Crippen molar-refractivity contribution in [3.63, 3.8) is 0 Å². The van der Waals surface area contributed by atoms with Gasteiger partial charge in [-0.3, -0.25) is 4.79 Å². The summed E-state index contributed by atoms with van der Waals surface area (Å²) in [5.41, 5.74) is -0.250. The molecule has 1 heterocycles. The molecule has 0 atom stereocenters. The van der Waals surface area contributed by atoms with Gasteiger partial charge in [0.05, 0.1) is 0 Å². The van der Waals surface area contributed by atoms with E-state index in [2.05, 4.69) is 24.5 Å². The standard InChI is InChI=1S/C16H30N2O2/c1-13(2)11-15(5-4-6-15)12-18-14(19)16(20-3)7-9-17-10-8-16/h13,17H,4-12H2,1-3H3,(H,18,19). The molecule has 1 aliphatic carbocycles. The van der Waals surface area contributed by atoms with Crippen molar-refractivity contribution >= 4 is 5.91 Å². The second-order valence-corrected chi connectivity index (χ2v) is 7.08. The van der Waals surface area contributed by atoms with Crippen molar-refractivity contribution in [2.75, 3.05) is 26.7 Å². The van der Waals surface area contributed by atoms with Gasteiger partial charge >= 0.3 is 0 Å². The summed E-state index contributed by atoms with van der Waals surface area (Å²) in [7, 11) is 1.66. The molecule has 1 saturated heterocycles. The minimum Gasteiger partial charge on any atom is -0.368 e.